The van der Waals surface area contributed by atoms with Crippen molar-refractivity contribution in [3.05, 3.63) is 82.9 Å². The number of halogens is 3. The van der Waals surface area contributed by atoms with Crippen LogP contribution in [0.15, 0.2) is 54.9 Å². The van der Waals surface area contributed by atoms with E-state index in [9.17, 15) is 33.0 Å². The summed E-state index contributed by atoms with van der Waals surface area (Å²) < 4.78 is 47.4. The summed E-state index contributed by atoms with van der Waals surface area (Å²) >= 11 is 0. The number of amides is 2. The highest BCUT2D eigenvalue weighted by Crippen LogP contribution is 2.54. The lowest BCUT2D eigenvalue weighted by Gasteiger charge is -2.51. The maximum absolute atomic E-state index is 13.8. The Bertz CT molecular complexity index is 1740. The van der Waals surface area contributed by atoms with E-state index in [-0.39, 0.29) is 66.4 Å². The first-order valence-corrected chi connectivity index (χ1v) is 17.9. The molecule has 1 spiro atoms. The number of aromatic nitrogens is 3. The van der Waals surface area contributed by atoms with Gasteiger partial charge in [0.05, 0.1) is 43.1 Å². The summed E-state index contributed by atoms with van der Waals surface area (Å²) in [5.41, 5.74) is 2.72. The molecule has 51 heavy (non-hydrogen) atoms. The summed E-state index contributed by atoms with van der Waals surface area (Å²) in [6.07, 6.45) is -0.533. The second-order valence-electron chi connectivity index (χ2n) is 15.8. The Morgan fingerprint density at radius 1 is 1.00 bits per heavy atom. The molecule has 0 unspecified atom stereocenters. The molecule has 3 aromatic rings. The van der Waals surface area contributed by atoms with Gasteiger partial charge in [-0.25, -0.2) is 0 Å². The SMILES string of the molecule is CC1(C)C[C@@H]1C(=O)N1CC2(CN(C(=O)c3cnn(Cc4ccccc4C(O)O)c3)C[C@H]2COCc2cccc(C3CCC(C(F)(F)F)CC3)n2)C1. The van der Waals surface area contributed by atoms with E-state index in [1.54, 1.807) is 35.1 Å². The average Bonchev–Trinajstić information content (AvgIpc) is 3.37. The minimum absolute atomic E-state index is 0.00321. The molecule has 7 rings (SSSR count). The van der Waals surface area contributed by atoms with Gasteiger partial charge in [-0.1, -0.05) is 44.2 Å². The predicted octanol–water partition coefficient (Wildman–Crippen LogP) is 5.31. The molecule has 2 atom stereocenters. The van der Waals surface area contributed by atoms with Gasteiger partial charge in [-0.05, 0) is 55.2 Å². The molecule has 2 aliphatic carbocycles. The van der Waals surface area contributed by atoms with Crippen LogP contribution in [0.1, 0.15) is 91.0 Å². The number of benzene rings is 1. The maximum Gasteiger partial charge on any atom is 0.391 e. The highest BCUT2D eigenvalue weighted by atomic mass is 19.4. The molecule has 2 N–H and O–H groups in total. The first-order chi connectivity index (χ1) is 24.2. The number of carbonyl (C=O) groups excluding carboxylic acids is 2. The van der Waals surface area contributed by atoms with Gasteiger partial charge >= 0.3 is 6.18 Å². The fraction of sp³-hybridized carbons (Fsp3) is 0.579. The van der Waals surface area contributed by atoms with E-state index < -0.39 is 18.4 Å². The summed E-state index contributed by atoms with van der Waals surface area (Å²) in [5.74, 6) is -1.22. The van der Waals surface area contributed by atoms with Crippen LogP contribution in [0.5, 0.6) is 0 Å². The summed E-state index contributed by atoms with van der Waals surface area (Å²) in [6.45, 7) is 7.14. The zero-order chi connectivity index (χ0) is 36.1. The third-order valence-electron chi connectivity index (χ3n) is 11.8. The van der Waals surface area contributed by atoms with Crippen molar-refractivity contribution in [2.45, 2.75) is 77.5 Å². The number of rotatable bonds is 10. The van der Waals surface area contributed by atoms with E-state index in [2.05, 4.69) is 18.9 Å². The normalized spacial score (nSPS) is 25.3. The van der Waals surface area contributed by atoms with E-state index in [1.807, 2.05) is 28.0 Å². The second-order valence-corrected chi connectivity index (χ2v) is 15.8. The number of alkyl halides is 3. The fourth-order valence-electron chi connectivity index (χ4n) is 8.43. The lowest BCUT2D eigenvalue weighted by Crippen LogP contribution is -2.63. The molecule has 2 aliphatic heterocycles. The minimum atomic E-state index is -4.15. The topological polar surface area (TPSA) is 121 Å². The molecule has 1 aromatic carbocycles. The number of likely N-dealkylation sites (tertiary alicyclic amines) is 2. The molecular formula is C38H46F3N5O5. The molecule has 0 radical (unpaired) electrons. The van der Waals surface area contributed by atoms with E-state index in [4.69, 9.17) is 9.72 Å². The molecule has 4 fully saturated rings. The Kier molecular flexibility index (Phi) is 9.51. The smallest absolute Gasteiger partial charge is 0.375 e. The van der Waals surface area contributed by atoms with Crippen molar-refractivity contribution in [1.82, 2.24) is 24.6 Å². The quantitative estimate of drug-likeness (QED) is 0.274. The average molecular weight is 710 g/mol. The minimum Gasteiger partial charge on any atom is -0.375 e. The van der Waals surface area contributed by atoms with Gasteiger partial charge in [0.25, 0.3) is 5.91 Å². The van der Waals surface area contributed by atoms with Crippen molar-refractivity contribution >= 4 is 11.8 Å². The van der Waals surface area contributed by atoms with Crippen LogP contribution in [0, 0.1) is 28.6 Å². The van der Waals surface area contributed by atoms with Gasteiger partial charge in [-0.15, -0.1) is 0 Å². The third-order valence-corrected chi connectivity index (χ3v) is 11.8. The molecule has 2 saturated heterocycles. The molecule has 274 valence electrons. The summed E-state index contributed by atoms with van der Waals surface area (Å²) in [4.78, 5) is 35.6. The van der Waals surface area contributed by atoms with Crippen LogP contribution in [-0.4, -0.2) is 85.6 Å². The van der Waals surface area contributed by atoms with Crippen LogP contribution < -0.4 is 0 Å². The van der Waals surface area contributed by atoms with Gasteiger partial charge in [0.15, 0.2) is 6.29 Å². The summed E-state index contributed by atoms with van der Waals surface area (Å²) in [7, 11) is 0. The zero-order valence-electron chi connectivity index (χ0n) is 29.1. The van der Waals surface area contributed by atoms with Gasteiger partial charge in [0.1, 0.15) is 0 Å². The molecule has 4 heterocycles. The van der Waals surface area contributed by atoms with E-state index in [1.165, 1.54) is 6.20 Å². The highest BCUT2D eigenvalue weighted by Gasteiger charge is 2.60. The van der Waals surface area contributed by atoms with Crippen LogP contribution >= 0.6 is 0 Å². The number of pyridine rings is 1. The molecule has 4 aliphatic rings. The Balaban J connectivity index is 1.00. The summed E-state index contributed by atoms with van der Waals surface area (Å²) in [5, 5.41) is 23.9. The molecule has 2 amide bonds. The van der Waals surface area contributed by atoms with Crippen LogP contribution in [-0.2, 0) is 22.7 Å². The van der Waals surface area contributed by atoms with Crippen molar-refractivity contribution in [2.75, 3.05) is 32.8 Å². The largest absolute Gasteiger partial charge is 0.391 e. The first kappa shape index (κ1) is 35.6. The third kappa shape index (κ3) is 7.43. The lowest BCUT2D eigenvalue weighted by molar-refractivity contribution is -0.182. The molecule has 0 bridgehead atoms. The zero-order valence-corrected chi connectivity index (χ0v) is 29.1. The van der Waals surface area contributed by atoms with Crippen molar-refractivity contribution < 1.29 is 37.7 Å². The Labute approximate surface area is 295 Å². The summed E-state index contributed by atoms with van der Waals surface area (Å²) in [6, 6.07) is 12.6. The van der Waals surface area contributed by atoms with Crippen molar-refractivity contribution in [1.29, 1.82) is 0 Å². The van der Waals surface area contributed by atoms with Gasteiger partial charge in [-0.3, -0.25) is 19.3 Å². The second kappa shape index (κ2) is 13.6. The molecule has 13 heteroatoms. The Morgan fingerprint density at radius 2 is 1.71 bits per heavy atom. The molecule has 2 saturated carbocycles. The van der Waals surface area contributed by atoms with Crippen molar-refractivity contribution in [3.8, 4) is 0 Å². The van der Waals surface area contributed by atoms with Crippen LogP contribution in [0.25, 0.3) is 0 Å². The monoisotopic (exact) mass is 709 g/mol. The standard InChI is InChI=1S/C38H46F3N5O5/c1-36(2)14-31(36)34(48)45-22-37(23-45)21-44(33(47)26-15-42-46(17-26)16-25-6-3-4-8-30(25)35(49)50)18-28(37)19-51-20-29-7-5-9-32(43-29)24-10-12-27(13-11-24)38(39,40)41/h3-9,15,17,24,27-28,31,35,49-50H,10-14,16,18-23H2,1-2H3/t24?,27?,28-,31+/m0/s1. The van der Waals surface area contributed by atoms with Gasteiger partial charge in [0.2, 0.25) is 5.91 Å². The number of aliphatic hydroxyl groups excluding tert-OH is 1. The number of hydrogen-bond donors (Lipinski definition) is 2. The van der Waals surface area contributed by atoms with E-state index in [0.29, 0.717) is 62.3 Å². The highest BCUT2D eigenvalue weighted by molar-refractivity contribution is 5.94. The van der Waals surface area contributed by atoms with Crippen LogP contribution in [0.3, 0.4) is 0 Å². The van der Waals surface area contributed by atoms with E-state index >= 15 is 0 Å². The van der Waals surface area contributed by atoms with E-state index in [0.717, 1.165) is 17.8 Å². The Hall–Kier alpha value is -3.81. The predicted molar refractivity (Wildman–Crippen MR) is 180 cm³/mol. The van der Waals surface area contributed by atoms with Crippen LogP contribution in [0.2, 0.25) is 0 Å². The van der Waals surface area contributed by atoms with Gasteiger partial charge in [-0.2, -0.15) is 18.3 Å². The Morgan fingerprint density at radius 3 is 2.39 bits per heavy atom. The van der Waals surface area contributed by atoms with Crippen molar-refractivity contribution in [2.24, 2.45) is 28.6 Å². The maximum atomic E-state index is 13.8. The number of nitrogens with zero attached hydrogens (tertiary/aromatic N) is 5. The number of hydrogen-bond acceptors (Lipinski definition) is 7. The fourth-order valence-corrected chi connectivity index (χ4v) is 8.43. The lowest BCUT2D eigenvalue weighted by atomic mass is 9.71. The molecule has 10 nitrogen and oxygen atoms in total. The van der Waals surface area contributed by atoms with Crippen molar-refractivity contribution in [3.63, 3.8) is 0 Å². The molecule has 2 aromatic heterocycles. The molecular weight excluding hydrogens is 663 g/mol. The first-order valence-electron chi connectivity index (χ1n) is 17.9. The number of ether oxygens (including phenoxy) is 1. The van der Waals surface area contributed by atoms with Gasteiger partial charge in [0, 0.05) is 66.8 Å². The number of aliphatic hydroxyl groups is 2. The number of carbonyl (C=O) groups is 2. The van der Waals surface area contributed by atoms with Gasteiger partial charge < -0.3 is 24.7 Å². The van der Waals surface area contributed by atoms with Crippen LogP contribution in [0.4, 0.5) is 13.2 Å².